The zero-order valence-corrected chi connectivity index (χ0v) is 11.6. The van der Waals surface area contributed by atoms with Gasteiger partial charge in [0, 0.05) is 6.42 Å². The number of carbonyl (C=O) groups excluding carboxylic acids is 2. The quantitative estimate of drug-likeness (QED) is 0.775. The van der Waals surface area contributed by atoms with Crippen LogP contribution in [0.15, 0.2) is 30.3 Å². The van der Waals surface area contributed by atoms with E-state index >= 15 is 0 Å². The van der Waals surface area contributed by atoms with Crippen molar-refractivity contribution in [2.24, 2.45) is 0 Å². The number of nitrogens with one attached hydrogen (secondary N) is 2. The van der Waals surface area contributed by atoms with Gasteiger partial charge in [-0.3, -0.25) is 4.79 Å². The fourth-order valence-electron chi connectivity index (χ4n) is 2.37. The van der Waals surface area contributed by atoms with Crippen molar-refractivity contribution in [3.05, 3.63) is 35.9 Å². The lowest BCUT2D eigenvalue weighted by atomic mass is 10.1. The molecule has 0 unspecified atom stereocenters. The maximum Gasteiger partial charge on any atom is 0.328 e. The average Bonchev–Trinajstić information content (AvgIpc) is 3.01. The molecule has 1 aliphatic rings. The van der Waals surface area contributed by atoms with Crippen LogP contribution in [0.25, 0.3) is 0 Å². The first kappa shape index (κ1) is 14.5. The van der Waals surface area contributed by atoms with Gasteiger partial charge in [-0.05, 0) is 24.9 Å². The molecule has 0 spiro atoms. The van der Waals surface area contributed by atoms with Gasteiger partial charge in [0.1, 0.15) is 6.04 Å². The zero-order chi connectivity index (χ0) is 14.4. The minimum atomic E-state index is -0.641. The summed E-state index contributed by atoms with van der Waals surface area (Å²) in [6, 6.07) is 8.74. The lowest BCUT2D eigenvalue weighted by Gasteiger charge is -2.19. The Bertz CT molecular complexity index is 455. The van der Waals surface area contributed by atoms with Gasteiger partial charge in [-0.15, -0.1) is 0 Å². The van der Waals surface area contributed by atoms with E-state index in [0.29, 0.717) is 6.42 Å². The molecule has 108 valence electrons. The third kappa shape index (κ3) is 3.81. The van der Waals surface area contributed by atoms with Crippen molar-refractivity contribution in [2.45, 2.75) is 31.3 Å². The number of ether oxygens (including phenoxy) is 1. The predicted octanol–water partition coefficient (Wildman–Crippen LogP) is 0.639. The van der Waals surface area contributed by atoms with Crippen molar-refractivity contribution in [3.8, 4) is 0 Å². The summed E-state index contributed by atoms with van der Waals surface area (Å²) in [4.78, 5) is 23.9. The van der Waals surface area contributed by atoms with Crippen molar-refractivity contribution >= 4 is 11.9 Å². The van der Waals surface area contributed by atoms with E-state index in [1.54, 1.807) is 0 Å². The topological polar surface area (TPSA) is 67.4 Å². The van der Waals surface area contributed by atoms with Crippen LogP contribution in [-0.2, 0) is 20.7 Å². The fourth-order valence-corrected chi connectivity index (χ4v) is 2.37. The molecule has 0 bridgehead atoms. The van der Waals surface area contributed by atoms with Gasteiger partial charge in [0.25, 0.3) is 0 Å². The van der Waals surface area contributed by atoms with Gasteiger partial charge >= 0.3 is 5.97 Å². The molecule has 1 fully saturated rings. The number of carbonyl (C=O) groups is 2. The molecule has 20 heavy (non-hydrogen) atoms. The summed E-state index contributed by atoms with van der Waals surface area (Å²) in [5.41, 5.74) is 0.989. The number of hydrogen-bond acceptors (Lipinski definition) is 4. The lowest BCUT2D eigenvalue weighted by Crippen LogP contribution is -2.49. The Balaban J connectivity index is 2.00. The highest BCUT2D eigenvalue weighted by Crippen LogP contribution is 2.08. The largest absolute Gasteiger partial charge is 0.467 e. The fraction of sp³-hybridized carbons (Fsp3) is 0.467. The third-order valence-corrected chi connectivity index (χ3v) is 3.46. The minimum absolute atomic E-state index is 0.131. The molecule has 1 saturated heterocycles. The van der Waals surface area contributed by atoms with Gasteiger partial charge in [0.2, 0.25) is 5.91 Å². The average molecular weight is 276 g/mol. The molecule has 1 aliphatic heterocycles. The Hall–Kier alpha value is -1.88. The lowest BCUT2D eigenvalue weighted by molar-refractivity contribution is -0.145. The second-order valence-electron chi connectivity index (χ2n) is 4.92. The molecule has 5 nitrogen and oxygen atoms in total. The van der Waals surface area contributed by atoms with Gasteiger partial charge in [-0.1, -0.05) is 30.3 Å². The van der Waals surface area contributed by atoms with E-state index in [1.807, 2.05) is 30.3 Å². The Kier molecular flexibility index (Phi) is 5.12. The Morgan fingerprint density at radius 1 is 1.40 bits per heavy atom. The van der Waals surface area contributed by atoms with Gasteiger partial charge in [0.15, 0.2) is 0 Å². The van der Waals surface area contributed by atoms with Crippen LogP contribution in [0.5, 0.6) is 0 Å². The molecule has 0 saturated carbocycles. The molecule has 0 aromatic heterocycles. The standard InChI is InChI=1S/C15H20N2O3/c1-20-15(19)13(10-11-6-3-2-4-7-11)17-14(18)12-8-5-9-16-12/h2-4,6-7,12-13,16H,5,8-10H2,1H3,(H,17,18)/t12-,13-/m1/s1. The smallest absolute Gasteiger partial charge is 0.328 e. The van der Waals surface area contributed by atoms with E-state index in [4.69, 9.17) is 4.74 Å². The summed E-state index contributed by atoms with van der Waals surface area (Å²) in [6.45, 7) is 0.847. The molecule has 0 aliphatic carbocycles. The third-order valence-electron chi connectivity index (χ3n) is 3.46. The predicted molar refractivity (Wildman–Crippen MR) is 75.1 cm³/mol. The van der Waals surface area contributed by atoms with Crippen molar-refractivity contribution < 1.29 is 14.3 Å². The molecule has 1 amide bonds. The van der Waals surface area contributed by atoms with Crippen molar-refractivity contribution in [3.63, 3.8) is 0 Å². The van der Waals surface area contributed by atoms with E-state index in [-0.39, 0.29) is 11.9 Å². The summed E-state index contributed by atoms with van der Waals surface area (Å²) in [5, 5.41) is 5.90. The van der Waals surface area contributed by atoms with Crippen LogP contribution in [0.4, 0.5) is 0 Å². The number of amides is 1. The first-order valence-electron chi connectivity index (χ1n) is 6.86. The van der Waals surface area contributed by atoms with Crippen LogP contribution in [0.2, 0.25) is 0 Å². The molecule has 5 heteroatoms. The SMILES string of the molecule is COC(=O)[C@@H](Cc1ccccc1)NC(=O)[C@H]1CCCN1. The van der Waals surface area contributed by atoms with Crippen molar-refractivity contribution in [1.29, 1.82) is 0 Å². The van der Waals surface area contributed by atoms with E-state index in [2.05, 4.69) is 10.6 Å². The number of esters is 1. The molecule has 1 heterocycles. The summed E-state index contributed by atoms with van der Waals surface area (Å²) >= 11 is 0. The maximum absolute atomic E-state index is 12.1. The van der Waals surface area contributed by atoms with Crippen LogP contribution in [0.1, 0.15) is 18.4 Å². The van der Waals surface area contributed by atoms with Gasteiger partial charge < -0.3 is 15.4 Å². The van der Waals surface area contributed by atoms with Crippen LogP contribution in [-0.4, -0.2) is 37.6 Å². The second-order valence-corrected chi connectivity index (χ2v) is 4.92. The van der Waals surface area contributed by atoms with Gasteiger partial charge in [-0.25, -0.2) is 4.79 Å². The highest BCUT2D eigenvalue weighted by Gasteiger charge is 2.27. The molecule has 2 N–H and O–H groups in total. The van der Waals surface area contributed by atoms with Crippen LogP contribution in [0.3, 0.4) is 0 Å². The second kappa shape index (κ2) is 7.05. The number of methoxy groups -OCH3 is 1. The van der Waals surface area contributed by atoms with E-state index < -0.39 is 12.0 Å². The van der Waals surface area contributed by atoms with E-state index in [1.165, 1.54) is 7.11 Å². The summed E-state index contributed by atoms with van der Waals surface area (Å²) < 4.78 is 4.77. The van der Waals surface area contributed by atoms with Crippen molar-refractivity contribution in [2.75, 3.05) is 13.7 Å². The normalized spacial score (nSPS) is 19.4. The first-order valence-corrected chi connectivity index (χ1v) is 6.86. The Labute approximate surface area is 118 Å². The molecule has 2 rings (SSSR count). The van der Waals surface area contributed by atoms with Crippen LogP contribution < -0.4 is 10.6 Å². The monoisotopic (exact) mass is 276 g/mol. The molecular formula is C15H20N2O3. The molecular weight excluding hydrogens is 256 g/mol. The number of rotatable bonds is 5. The number of hydrogen-bond donors (Lipinski definition) is 2. The van der Waals surface area contributed by atoms with E-state index in [0.717, 1.165) is 24.9 Å². The molecule has 1 aromatic carbocycles. The Morgan fingerprint density at radius 3 is 2.75 bits per heavy atom. The molecule has 0 radical (unpaired) electrons. The minimum Gasteiger partial charge on any atom is -0.467 e. The van der Waals surface area contributed by atoms with Crippen LogP contribution >= 0.6 is 0 Å². The van der Waals surface area contributed by atoms with Gasteiger partial charge in [0.05, 0.1) is 13.2 Å². The summed E-state index contributed by atoms with van der Waals surface area (Å²) in [6.07, 6.45) is 2.23. The first-order chi connectivity index (χ1) is 9.70. The van der Waals surface area contributed by atoms with Crippen LogP contribution in [0, 0.1) is 0 Å². The van der Waals surface area contributed by atoms with E-state index in [9.17, 15) is 9.59 Å². The number of benzene rings is 1. The highest BCUT2D eigenvalue weighted by molar-refractivity contribution is 5.87. The summed E-state index contributed by atoms with van der Waals surface area (Å²) in [7, 11) is 1.33. The van der Waals surface area contributed by atoms with Gasteiger partial charge in [-0.2, -0.15) is 0 Å². The van der Waals surface area contributed by atoms with Crippen molar-refractivity contribution in [1.82, 2.24) is 10.6 Å². The summed E-state index contributed by atoms with van der Waals surface area (Å²) in [5.74, 6) is -0.547. The molecule has 1 aromatic rings. The zero-order valence-electron chi connectivity index (χ0n) is 11.6. The Morgan fingerprint density at radius 2 is 2.15 bits per heavy atom. The maximum atomic E-state index is 12.1. The molecule has 2 atom stereocenters. The highest BCUT2D eigenvalue weighted by atomic mass is 16.5.